The average Bonchev–Trinajstić information content (AvgIpc) is 3.09. The molecule has 5 nitrogen and oxygen atoms in total. The normalized spacial score (nSPS) is 21.0. The molecule has 28 heavy (non-hydrogen) atoms. The lowest BCUT2D eigenvalue weighted by Gasteiger charge is -2.21. The molecule has 0 saturated carbocycles. The minimum Gasteiger partial charge on any atom is -0.490 e. The Morgan fingerprint density at radius 2 is 1.82 bits per heavy atom. The largest absolute Gasteiger partial charge is 0.490 e. The third kappa shape index (κ3) is 4.13. The van der Waals surface area contributed by atoms with Crippen molar-refractivity contribution in [2.75, 3.05) is 32.1 Å². The summed E-state index contributed by atoms with van der Waals surface area (Å²) in [7, 11) is -3.60. The molecule has 2 aliphatic rings. The van der Waals surface area contributed by atoms with Crippen LogP contribution in [-0.4, -0.2) is 44.8 Å². The number of halogens is 1. The third-order valence-corrected chi connectivity index (χ3v) is 8.46. The maximum Gasteiger partial charge on any atom is 0.243 e. The van der Waals surface area contributed by atoms with E-state index in [2.05, 4.69) is 0 Å². The van der Waals surface area contributed by atoms with Gasteiger partial charge >= 0.3 is 0 Å². The van der Waals surface area contributed by atoms with Crippen LogP contribution in [0, 0.1) is 0 Å². The van der Waals surface area contributed by atoms with Crippen molar-refractivity contribution in [1.29, 1.82) is 0 Å². The van der Waals surface area contributed by atoms with Crippen LogP contribution in [-0.2, 0) is 10.0 Å². The molecule has 0 aliphatic carbocycles. The van der Waals surface area contributed by atoms with Crippen LogP contribution in [0.4, 0.5) is 0 Å². The molecule has 1 saturated heterocycles. The van der Waals surface area contributed by atoms with Gasteiger partial charge in [-0.05, 0) is 30.2 Å². The first-order chi connectivity index (χ1) is 13.6. The zero-order valence-corrected chi connectivity index (χ0v) is 17.7. The van der Waals surface area contributed by atoms with E-state index in [9.17, 15) is 8.42 Å². The highest BCUT2D eigenvalue weighted by Gasteiger charge is 2.30. The zero-order valence-electron chi connectivity index (χ0n) is 15.3. The fraction of sp³-hybridized carbons (Fsp3) is 0.400. The van der Waals surface area contributed by atoms with E-state index < -0.39 is 10.0 Å². The number of thioether (sulfide) groups is 1. The lowest BCUT2D eigenvalue weighted by atomic mass is 10.1. The predicted octanol–water partition coefficient (Wildman–Crippen LogP) is 4.37. The molecule has 0 unspecified atom stereocenters. The summed E-state index contributed by atoms with van der Waals surface area (Å²) >= 11 is 8.10. The van der Waals surface area contributed by atoms with Gasteiger partial charge in [0.05, 0.1) is 18.1 Å². The van der Waals surface area contributed by atoms with Crippen LogP contribution in [0.5, 0.6) is 11.5 Å². The van der Waals surface area contributed by atoms with Crippen LogP contribution < -0.4 is 9.47 Å². The van der Waals surface area contributed by atoms with Gasteiger partial charge in [-0.15, -0.1) is 0 Å². The van der Waals surface area contributed by atoms with Gasteiger partial charge in [-0.1, -0.05) is 29.8 Å². The van der Waals surface area contributed by atoms with Gasteiger partial charge in [0.15, 0.2) is 11.5 Å². The number of sulfonamides is 1. The summed E-state index contributed by atoms with van der Waals surface area (Å²) in [5, 5.41) is 0.928. The van der Waals surface area contributed by atoms with E-state index in [-0.39, 0.29) is 10.1 Å². The topological polar surface area (TPSA) is 55.8 Å². The number of ether oxygens (including phenoxy) is 2. The van der Waals surface area contributed by atoms with Crippen LogP contribution in [0.15, 0.2) is 47.4 Å². The van der Waals surface area contributed by atoms with Crippen molar-refractivity contribution in [3.8, 4) is 11.5 Å². The SMILES string of the molecule is O=S(=O)(c1ccc2c(c1)OCCCO2)N1CCS[C@H](c2ccccc2Cl)CC1. The highest BCUT2D eigenvalue weighted by Crippen LogP contribution is 2.39. The van der Waals surface area contributed by atoms with Crippen LogP contribution in [0.2, 0.25) is 5.02 Å². The van der Waals surface area contributed by atoms with Crippen molar-refractivity contribution < 1.29 is 17.9 Å². The first kappa shape index (κ1) is 19.9. The van der Waals surface area contributed by atoms with E-state index in [1.54, 1.807) is 34.3 Å². The summed E-state index contributed by atoms with van der Waals surface area (Å²) in [5.41, 5.74) is 1.07. The Bertz CT molecular complexity index is 951. The second kappa shape index (κ2) is 8.53. The van der Waals surface area contributed by atoms with E-state index in [1.807, 2.05) is 24.3 Å². The Morgan fingerprint density at radius 3 is 2.64 bits per heavy atom. The number of rotatable bonds is 3. The maximum atomic E-state index is 13.2. The minimum atomic E-state index is -3.60. The second-order valence-corrected chi connectivity index (χ2v) is 10.4. The molecule has 1 atom stereocenters. The van der Waals surface area contributed by atoms with Crippen molar-refractivity contribution >= 4 is 33.4 Å². The fourth-order valence-electron chi connectivity index (χ4n) is 3.43. The van der Waals surface area contributed by atoms with Gasteiger partial charge < -0.3 is 9.47 Å². The molecule has 0 spiro atoms. The van der Waals surface area contributed by atoms with Crippen molar-refractivity contribution in [2.45, 2.75) is 23.0 Å². The van der Waals surface area contributed by atoms with Gasteiger partial charge in [-0.2, -0.15) is 16.1 Å². The molecule has 0 radical (unpaired) electrons. The molecule has 4 rings (SSSR count). The highest BCUT2D eigenvalue weighted by atomic mass is 35.5. The summed E-state index contributed by atoms with van der Waals surface area (Å²) < 4.78 is 39.3. The Morgan fingerprint density at radius 1 is 1.04 bits per heavy atom. The molecule has 150 valence electrons. The molecule has 0 aromatic heterocycles. The lowest BCUT2D eigenvalue weighted by molar-refractivity contribution is 0.296. The number of fused-ring (bicyclic) bond motifs is 1. The van der Waals surface area contributed by atoms with Crippen LogP contribution in [0.3, 0.4) is 0 Å². The van der Waals surface area contributed by atoms with Crippen LogP contribution >= 0.6 is 23.4 Å². The Hall–Kier alpha value is -1.41. The van der Waals surface area contributed by atoms with Gasteiger partial charge in [-0.25, -0.2) is 8.42 Å². The molecule has 2 aliphatic heterocycles. The van der Waals surface area contributed by atoms with E-state index in [4.69, 9.17) is 21.1 Å². The number of nitrogens with zero attached hydrogens (tertiary/aromatic N) is 1. The zero-order chi connectivity index (χ0) is 19.6. The van der Waals surface area contributed by atoms with Crippen molar-refractivity contribution in [2.24, 2.45) is 0 Å². The molecule has 0 N–H and O–H groups in total. The van der Waals surface area contributed by atoms with Gasteiger partial charge in [0.2, 0.25) is 10.0 Å². The van der Waals surface area contributed by atoms with Crippen LogP contribution in [0.25, 0.3) is 0 Å². The molecule has 8 heteroatoms. The second-order valence-electron chi connectivity index (χ2n) is 6.73. The summed E-state index contributed by atoms with van der Waals surface area (Å²) in [5.74, 6) is 1.82. The molecule has 2 heterocycles. The lowest BCUT2D eigenvalue weighted by Crippen LogP contribution is -2.33. The quantitative estimate of drug-likeness (QED) is 0.710. The molecule has 0 amide bonds. The summed E-state index contributed by atoms with van der Waals surface area (Å²) in [6.45, 7) is 2.03. The first-order valence-electron chi connectivity index (χ1n) is 9.31. The first-order valence-corrected chi connectivity index (χ1v) is 12.2. The standard InChI is InChI=1S/C20H22ClNO4S2/c21-17-5-2-1-4-16(17)20-8-9-22(10-13-27-20)28(23,24)15-6-7-18-19(14-15)26-12-3-11-25-18/h1-2,4-7,14,20H,3,8-13H2/t20-/m0/s1. The average molecular weight is 440 g/mol. The molecule has 1 fully saturated rings. The van der Waals surface area contributed by atoms with Crippen molar-refractivity contribution in [1.82, 2.24) is 4.31 Å². The summed E-state index contributed by atoms with van der Waals surface area (Å²) in [6, 6.07) is 12.7. The summed E-state index contributed by atoms with van der Waals surface area (Å²) in [6.07, 6.45) is 1.50. The fourth-order valence-corrected chi connectivity index (χ4v) is 6.61. The predicted molar refractivity (Wildman–Crippen MR) is 112 cm³/mol. The number of benzene rings is 2. The maximum absolute atomic E-state index is 13.2. The number of hydrogen-bond acceptors (Lipinski definition) is 5. The van der Waals surface area contributed by atoms with E-state index >= 15 is 0 Å². The van der Waals surface area contributed by atoms with E-state index in [0.717, 1.165) is 29.2 Å². The van der Waals surface area contributed by atoms with Gasteiger partial charge in [0.25, 0.3) is 0 Å². The van der Waals surface area contributed by atoms with Gasteiger partial charge in [0.1, 0.15) is 0 Å². The number of hydrogen-bond donors (Lipinski definition) is 0. The molecular formula is C20H22ClNO4S2. The third-order valence-electron chi connectivity index (χ3n) is 4.91. The van der Waals surface area contributed by atoms with Crippen LogP contribution in [0.1, 0.15) is 23.7 Å². The van der Waals surface area contributed by atoms with Crippen molar-refractivity contribution in [3.63, 3.8) is 0 Å². The summed E-state index contributed by atoms with van der Waals surface area (Å²) in [4.78, 5) is 0.248. The molecule has 2 aromatic carbocycles. The van der Waals surface area contributed by atoms with Crippen molar-refractivity contribution in [3.05, 3.63) is 53.1 Å². The minimum absolute atomic E-state index is 0.192. The highest BCUT2D eigenvalue weighted by molar-refractivity contribution is 7.99. The van der Waals surface area contributed by atoms with Gasteiger partial charge in [-0.3, -0.25) is 0 Å². The van der Waals surface area contributed by atoms with E-state index in [0.29, 0.717) is 37.8 Å². The Kier molecular flexibility index (Phi) is 6.06. The molecule has 0 bridgehead atoms. The Balaban J connectivity index is 1.54. The molecule has 2 aromatic rings. The smallest absolute Gasteiger partial charge is 0.243 e. The Labute approximate surface area is 175 Å². The molecular weight excluding hydrogens is 418 g/mol. The monoisotopic (exact) mass is 439 g/mol. The van der Waals surface area contributed by atoms with E-state index in [1.165, 1.54) is 0 Å². The van der Waals surface area contributed by atoms with Gasteiger partial charge in [0, 0.05) is 41.6 Å².